The molecular weight excluding hydrogens is 259 g/mol. The Hall–Kier alpha value is -1.62. The summed E-state index contributed by atoms with van der Waals surface area (Å²) < 4.78 is 12.9. The Bertz CT molecular complexity index is 465. The van der Waals surface area contributed by atoms with E-state index in [4.69, 9.17) is 0 Å². The van der Waals surface area contributed by atoms with Crippen LogP contribution in [-0.4, -0.2) is 40.6 Å². The lowest BCUT2D eigenvalue weighted by atomic mass is 9.86. The zero-order valence-electron chi connectivity index (χ0n) is 11.9. The van der Waals surface area contributed by atoms with Gasteiger partial charge >= 0.3 is 5.97 Å². The zero-order chi connectivity index (χ0) is 14.8. The van der Waals surface area contributed by atoms with Crippen molar-refractivity contribution in [3.05, 3.63) is 30.1 Å². The molecule has 20 heavy (non-hydrogen) atoms. The molecule has 5 heteroatoms. The molecule has 0 aromatic heterocycles. The predicted molar refractivity (Wildman–Crippen MR) is 76.3 cm³/mol. The van der Waals surface area contributed by atoms with Crippen molar-refractivity contribution in [1.82, 2.24) is 4.90 Å². The van der Waals surface area contributed by atoms with Crippen LogP contribution in [0.15, 0.2) is 24.3 Å². The highest BCUT2D eigenvalue weighted by Gasteiger charge is 2.41. The van der Waals surface area contributed by atoms with Crippen LogP contribution in [0.1, 0.15) is 26.7 Å². The van der Waals surface area contributed by atoms with Crippen LogP contribution >= 0.6 is 0 Å². The fourth-order valence-electron chi connectivity index (χ4n) is 2.62. The molecule has 0 bridgehead atoms. The van der Waals surface area contributed by atoms with Crippen LogP contribution in [0.5, 0.6) is 0 Å². The Morgan fingerprint density at radius 3 is 2.30 bits per heavy atom. The summed E-state index contributed by atoms with van der Waals surface area (Å²) in [6.07, 6.45) is 1.08. The summed E-state index contributed by atoms with van der Waals surface area (Å²) in [4.78, 5) is 13.9. The van der Waals surface area contributed by atoms with Gasteiger partial charge in [0.2, 0.25) is 0 Å². The second-order valence-corrected chi connectivity index (χ2v) is 5.65. The molecule has 0 radical (unpaired) electrons. The van der Waals surface area contributed by atoms with E-state index >= 15 is 0 Å². The second kappa shape index (κ2) is 5.79. The van der Waals surface area contributed by atoms with Gasteiger partial charge in [-0.1, -0.05) is 0 Å². The number of aliphatic carboxylic acids is 1. The number of halogens is 1. The minimum Gasteiger partial charge on any atom is -0.480 e. The molecule has 1 fully saturated rings. The lowest BCUT2D eigenvalue weighted by Gasteiger charge is -2.41. The van der Waals surface area contributed by atoms with Gasteiger partial charge in [-0.15, -0.1) is 0 Å². The number of benzene rings is 1. The molecule has 1 saturated heterocycles. The van der Waals surface area contributed by atoms with Gasteiger partial charge in [-0.3, -0.25) is 0 Å². The Morgan fingerprint density at radius 1 is 1.30 bits per heavy atom. The molecule has 0 saturated carbocycles. The first-order valence-electron chi connectivity index (χ1n) is 6.94. The van der Waals surface area contributed by atoms with Crippen LogP contribution in [0.2, 0.25) is 0 Å². The average molecular weight is 280 g/mol. The molecule has 1 aromatic rings. The number of carboxylic acids is 1. The van der Waals surface area contributed by atoms with Gasteiger partial charge in [-0.05, 0) is 51.0 Å². The first kappa shape index (κ1) is 14.8. The minimum atomic E-state index is -0.955. The Kier molecular flexibility index (Phi) is 4.28. The third kappa shape index (κ3) is 3.10. The van der Waals surface area contributed by atoms with Gasteiger partial charge < -0.3 is 15.3 Å². The largest absolute Gasteiger partial charge is 0.480 e. The highest BCUT2D eigenvalue weighted by molar-refractivity contribution is 5.83. The minimum absolute atomic E-state index is 0.324. The molecule has 0 amide bonds. The lowest BCUT2D eigenvalue weighted by Crippen LogP contribution is -2.55. The van der Waals surface area contributed by atoms with E-state index in [1.54, 1.807) is 12.1 Å². The predicted octanol–water partition coefficient (Wildman–Crippen LogP) is 2.57. The van der Waals surface area contributed by atoms with E-state index in [2.05, 4.69) is 24.1 Å². The number of rotatable bonds is 4. The lowest BCUT2D eigenvalue weighted by molar-refractivity contribution is -0.144. The van der Waals surface area contributed by atoms with Crippen LogP contribution in [-0.2, 0) is 4.79 Å². The highest BCUT2D eigenvalue weighted by Crippen LogP contribution is 2.28. The molecular formula is C15H21FN2O2. The van der Waals surface area contributed by atoms with Crippen LogP contribution in [0, 0.1) is 5.82 Å². The molecule has 110 valence electrons. The monoisotopic (exact) mass is 280 g/mol. The maximum atomic E-state index is 12.9. The van der Waals surface area contributed by atoms with Crippen LogP contribution < -0.4 is 5.32 Å². The van der Waals surface area contributed by atoms with Crippen LogP contribution in [0.4, 0.5) is 10.1 Å². The van der Waals surface area contributed by atoms with E-state index in [-0.39, 0.29) is 5.82 Å². The first-order chi connectivity index (χ1) is 9.43. The second-order valence-electron chi connectivity index (χ2n) is 5.65. The first-order valence-corrected chi connectivity index (χ1v) is 6.94. The van der Waals surface area contributed by atoms with Crippen molar-refractivity contribution in [2.24, 2.45) is 0 Å². The van der Waals surface area contributed by atoms with E-state index in [0.29, 0.717) is 24.6 Å². The van der Waals surface area contributed by atoms with Gasteiger partial charge in [0.15, 0.2) is 0 Å². The Morgan fingerprint density at radius 2 is 1.85 bits per heavy atom. The Labute approximate surface area is 118 Å². The van der Waals surface area contributed by atoms with Crippen molar-refractivity contribution < 1.29 is 14.3 Å². The van der Waals surface area contributed by atoms with E-state index in [1.165, 1.54) is 12.1 Å². The van der Waals surface area contributed by atoms with Gasteiger partial charge in [0.1, 0.15) is 11.4 Å². The van der Waals surface area contributed by atoms with E-state index in [0.717, 1.165) is 13.1 Å². The van der Waals surface area contributed by atoms with Crippen molar-refractivity contribution in [2.45, 2.75) is 38.3 Å². The van der Waals surface area contributed by atoms with Gasteiger partial charge in [-0.2, -0.15) is 0 Å². The molecule has 1 heterocycles. The summed E-state index contributed by atoms with van der Waals surface area (Å²) >= 11 is 0. The maximum absolute atomic E-state index is 12.9. The van der Waals surface area contributed by atoms with Gasteiger partial charge in [0.25, 0.3) is 0 Å². The molecule has 1 aliphatic heterocycles. The van der Waals surface area contributed by atoms with Crippen LogP contribution in [0.25, 0.3) is 0 Å². The summed E-state index contributed by atoms with van der Waals surface area (Å²) in [5.74, 6) is -1.17. The fourth-order valence-corrected chi connectivity index (χ4v) is 2.62. The number of hydrogen-bond donors (Lipinski definition) is 2. The van der Waals surface area contributed by atoms with Crippen molar-refractivity contribution >= 4 is 11.7 Å². The summed E-state index contributed by atoms with van der Waals surface area (Å²) in [7, 11) is 0. The topological polar surface area (TPSA) is 52.6 Å². The van der Waals surface area contributed by atoms with E-state index in [1.807, 2.05) is 0 Å². The molecule has 0 aliphatic carbocycles. The number of likely N-dealkylation sites (tertiary alicyclic amines) is 1. The van der Waals surface area contributed by atoms with Gasteiger partial charge in [0.05, 0.1) is 0 Å². The van der Waals surface area contributed by atoms with Crippen LogP contribution in [0.3, 0.4) is 0 Å². The summed E-state index contributed by atoms with van der Waals surface area (Å²) in [5.41, 5.74) is -0.310. The third-order valence-corrected chi connectivity index (χ3v) is 4.02. The zero-order valence-corrected chi connectivity index (χ0v) is 11.9. The standard InChI is InChI=1S/C15H21FN2O2/c1-11(2)18-9-7-15(8-10-18,14(19)20)17-13-5-3-12(16)4-6-13/h3-6,11,17H,7-10H2,1-2H3,(H,19,20). The molecule has 4 nitrogen and oxygen atoms in total. The van der Waals surface area contributed by atoms with Gasteiger partial charge in [0, 0.05) is 24.8 Å². The number of piperidine rings is 1. The molecule has 1 aromatic carbocycles. The molecule has 1 aliphatic rings. The average Bonchev–Trinajstić information content (AvgIpc) is 2.42. The fraction of sp³-hybridized carbons (Fsp3) is 0.533. The number of anilines is 1. The van der Waals surface area contributed by atoms with Crippen molar-refractivity contribution in [1.29, 1.82) is 0 Å². The maximum Gasteiger partial charge on any atom is 0.329 e. The molecule has 0 spiro atoms. The van der Waals surface area contributed by atoms with E-state index < -0.39 is 11.5 Å². The SMILES string of the molecule is CC(C)N1CCC(Nc2ccc(F)cc2)(C(=O)O)CC1. The molecule has 0 atom stereocenters. The summed E-state index contributed by atoms with van der Waals surface area (Å²) in [6, 6.07) is 6.25. The quantitative estimate of drug-likeness (QED) is 0.890. The molecule has 2 rings (SSSR count). The highest BCUT2D eigenvalue weighted by atomic mass is 19.1. The Balaban J connectivity index is 2.12. The van der Waals surface area contributed by atoms with Crippen molar-refractivity contribution in [3.63, 3.8) is 0 Å². The summed E-state index contributed by atoms with van der Waals surface area (Å²) in [5, 5.41) is 12.7. The number of carbonyl (C=O) groups is 1. The molecule has 0 unspecified atom stereocenters. The third-order valence-electron chi connectivity index (χ3n) is 4.02. The van der Waals surface area contributed by atoms with Crippen molar-refractivity contribution in [2.75, 3.05) is 18.4 Å². The van der Waals surface area contributed by atoms with Crippen molar-refractivity contribution in [3.8, 4) is 0 Å². The van der Waals surface area contributed by atoms with Gasteiger partial charge in [-0.25, -0.2) is 9.18 Å². The van der Waals surface area contributed by atoms with E-state index in [9.17, 15) is 14.3 Å². The number of nitrogens with zero attached hydrogens (tertiary/aromatic N) is 1. The normalized spacial score (nSPS) is 19.0. The molecule has 2 N–H and O–H groups in total. The smallest absolute Gasteiger partial charge is 0.329 e. The number of nitrogens with one attached hydrogen (secondary N) is 1. The summed E-state index contributed by atoms with van der Waals surface area (Å²) in [6.45, 7) is 5.72. The number of carboxylic acid groups (broad SMARTS) is 1. The number of hydrogen-bond acceptors (Lipinski definition) is 3.